The van der Waals surface area contributed by atoms with Gasteiger partial charge in [-0.1, -0.05) is 20.8 Å². The van der Waals surface area contributed by atoms with Gasteiger partial charge in [0.2, 0.25) is 0 Å². The van der Waals surface area contributed by atoms with Crippen LogP contribution < -0.4 is 5.32 Å². The van der Waals surface area contributed by atoms with Crippen molar-refractivity contribution in [2.45, 2.75) is 64.5 Å². The average molecular weight is 358 g/mol. The van der Waals surface area contributed by atoms with Crippen LogP contribution in [0.2, 0.25) is 0 Å². The predicted molar refractivity (Wildman–Crippen MR) is 89.4 cm³/mol. The Morgan fingerprint density at radius 1 is 1.33 bits per heavy atom. The number of ether oxygens (including phenoxy) is 1. The molecule has 1 atom stereocenters. The largest absolute Gasteiger partial charge is 0.466 e. The van der Waals surface area contributed by atoms with E-state index in [9.17, 15) is 0 Å². The molecule has 120 valence electrons. The minimum absolute atomic E-state index is 0.0999. The molecule has 0 bridgehead atoms. The van der Waals surface area contributed by atoms with Crippen LogP contribution in [0.4, 0.5) is 0 Å². The van der Waals surface area contributed by atoms with E-state index >= 15 is 0 Å². The van der Waals surface area contributed by atoms with Crippen molar-refractivity contribution in [1.29, 1.82) is 0 Å². The lowest BCUT2D eigenvalue weighted by Crippen LogP contribution is -2.49. The summed E-state index contributed by atoms with van der Waals surface area (Å²) in [6, 6.07) is 2.06. The van der Waals surface area contributed by atoms with Gasteiger partial charge < -0.3 is 14.5 Å². The van der Waals surface area contributed by atoms with Crippen molar-refractivity contribution < 1.29 is 9.15 Å². The Labute approximate surface area is 136 Å². The number of rotatable bonds is 6. The Bertz CT molecular complexity index is 445. The lowest BCUT2D eigenvalue weighted by molar-refractivity contribution is -0.0917. The topological polar surface area (TPSA) is 34.4 Å². The summed E-state index contributed by atoms with van der Waals surface area (Å²) in [5, 5.41) is 3.65. The first-order valence-corrected chi connectivity index (χ1v) is 8.75. The highest BCUT2D eigenvalue weighted by molar-refractivity contribution is 9.10. The van der Waals surface area contributed by atoms with Gasteiger partial charge >= 0.3 is 0 Å². The van der Waals surface area contributed by atoms with E-state index in [1.807, 2.05) is 13.2 Å². The highest BCUT2D eigenvalue weighted by Crippen LogP contribution is 2.48. The van der Waals surface area contributed by atoms with Gasteiger partial charge in [0.25, 0.3) is 0 Å². The fraction of sp³-hybridized carbons (Fsp3) is 0.765. The molecule has 1 fully saturated rings. The Morgan fingerprint density at radius 3 is 2.48 bits per heavy atom. The normalized spacial score (nSPS) is 22.1. The molecule has 21 heavy (non-hydrogen) atoms. The molecule has 3 nitrogen and oxygen atoms in total. The number of furan rings is 1. The molecular formula is C17H28BrNO2. The molecule has 1 aliphatic rings. The molecule has 0 aromatic carbocycles. The second-order valence-corrected chi connectivity index (χ2v) is 7.81. The van der Waals surface area contributed by atoms with Crippen LogP contribution in [0.3, 0.4) is 0 Å². The Hall–Kier alpha value is -0.320. The third-order valence-electron chi connectivity index (χ3n) is 4.89. The van der Waals surface area contributed by atoms with Crippen LogP contribution in [-0.4, -0.2) is 19.3 Å². The SMILES string of the molecule is CCCNC(c1occc1Br)C1(OC)CCC(C)(C)CC1. The monoisotopic (exact) mass is 357 g/mol. The first-order valence-electron chi connectivity index (χ1n) is 7.95. The molecule has 1 aromatic rings. The van der Waals surface area contributed by atoms with Crippen molar-refractivity contribution in [2.24, 2.45) is 5.41 Å². The molecule has 2 rings (SSSR count). The van der Waals surface area contributed by atoms with E-state index in [2.05, 4.69) is 42.0 Å². The minimum Gasteiger partial charge on any atom is -0.466 e. The van der Waals surface area contributed by atoms with Gasteiger partial charge in [-0.05, 0) is 66.1 Å². The zero-order valence-corrected chi connectivity index (χ0v) is 15.3. The standard InChI is InChI=1S/C17H28BrNO2/c1-5-11-19-15(14-13(18)6-12-21-14)17(20-4)9-7-16(2,3)8-10-17/h6,12,15,19H,5,7-11H2,1-4H3. The number of methoxy groups -OCH3 is 1. The summed E-state index contributed by atoms with van der Waals surface area (Å²) in [7, 11) is 1.84. The number of halogens is 1. The smallest absolute Gasteiger partial charge is 0.137 e. The van der Waals surface area contributed by atoms with Crippen LogP contribution in [0, 0.1) is 5.41 Å². The van der Waals surface area contributed by atoms with Crippen LogP contribution in [-0.2, 0) is 4.74 Å². The molecule has 0 aliphatic heterocycles. The van der Waals surface area contributed by atoms with Gasteiger partial charge in [-0.2, -0.15) is 0 Å². The molecule has 1 unspecified atom stereocenters. The molecule has 0 spiro atoms. The quantitative estimate of drug-likeness (QED) is 0.771. The summed E-state index contributed by atoms with van der Waals surface area (Å²) in [6.07, 6.45) is 7.33. The number of hydrogen-bond acceptors (Lipinski definition) is 3. The van der Waals surface area contributed by atoms with E-state index in [1.54, 1.807) is 6.26 Å². The molecule has 4 heteroatoms. The summed E-state index contributed by atoms with van der Waals surface area (Å²) >= 11 is 3.61. The molecule has 1 aliphatic carbocycles. The maximum atomic E-state index is 6.07. The summed E-state index contributed by atoms with van der Waals surface area (Å²) in [6.45, 7) is 7.85. The fourth-order valence-corrected chi connectivity index (χ4v) is 3.71. The molecular weight excluding hydrogens is 330 g/mol. The summed E-state index contributed by atoms with van der Waals surface area (Å²) in [5.74, 6) is 0.963. The first-order chi connectivity index (χ1) is 9.94. The second kappa shape index (κ2) is 6.84. The summed E-state index contributed by atoms with van der Waals surface area (Å²) in [5.41, 5.74) is 0.239. The van der Waals surface area contributed by atoms with E-state index < -0.39 is 0 Å². The van der Waals surface area contributed by atoms with Crippen molar-refractivity contribution >= 4 is 15.9 Å². The van der Waals surface area contributed by atoms with Crippen LogP contribution in [0.1, 0.15) is 64.7 Å². The van der Waals surface area contributed by atoms with E-state index in [1.165, 1.54) is 12.8 Å². The van der Waals surface area contributed by atoms with Crippen molar-refractivity contribution in [3.63, 3.8) is 0 Å². The van der Waals surface area contributed by atoms with Crippen LogP contribution in [0.25, 0.3) is 0 Å². The van der Waals surface area contributed by atoms with Crippen molar-refractivity contribution in [1.82, 2.24) is 5.32 Å². The average Bonchev–Trinajstić information content (AvgIpc) is 2.87. The van der Waals surface area contributed by atoms with E-state index in [4.69, 9.17) is 9.15 Å². The van der Waals surface area contributed by atoms with Gasteiger partial charge in [0.1, 0.15) is 5.76 Å². The van der Waals surface area contributed by atoms with E-state index in [0.717, 1.165) is 36.0 Å². The van der Waals surface area contributed by atoms with Crippen molar-refractivity contribution in [3.05, 3.63) is 22.6 Å². The van der Waals surface area contributed by atoms with E-state index in [-0.39, 0.29) is 11.6 Å². The van der Waals surface area contributed by atoms with E-state index in [0.29, 0.717) is 5.41 Å². The number of nitrogens with one attached hydrogen (secondary N) is 1. The zero-order valence-electron chi connectivity index (χ0n) is 13.7. The van der Waals surface area contributed by atoms with Gasteiger partial charge in [-0.3, -0.25) is 0 Å². The van der Waals surface area contributed by atoms with Gasteiger partial charge in [0.05, 0.1) is 22.4 Å². The van der Waals surface area contributed by atoms with Gasteiger partial charge in [-0.15, -0.1) is 0 Å². The third-order valence-corrected chi connectivity index (χ3v) is 5.54. The molecule has 1 saturated carbocycles. The molecule has 0 radical (unpaired) electrons. The van der Waals surface area contributed by atoms with Crippen molar-refractivity contribution in [3.8, 4) is 0 Å². The predicted octanol–water partition coefficient (Wildman–Crippen LogP) is 5.07. The molecule has 1 N–H and O–H groups in total. The van der Waals surface area contributed by atoms with Crippen LogP contribution in [0.5, 0.6) is 0 Å². The lowest BCUT2D eigenvalue weighted by Gasteiger charge is -2.46. The Balaban J connectivity index is 2.27. The third kappa shape index (κ3) is 3.72. The summed E-state index contributed by atoms with van der Waals surface area (Å²) in [4.78, 5) is 0. The maximum absolute atomic E-state index is 6.07. The van der Waals surface area contributed by atoms with Gasteiger partial charge in [-0.25, -0.2) is 0 Å². The van der Waals surface area contributed by atoms with Crippen LogP contribution in [0.15, 0.2) is 21.2 Å². The van der Waals surface area contributed by atoms with Gasteiger partial charge in [0, 0.05) is 7.11 Å². The molecule has 1 heterocycles. The fourth-order valence-electron chi connectivity index (χ4n) is 3.28. The molecule has 0 saturated heterocycles. The minimum atomic E-state index is -0.176. The Kier molecular flexibility index (Phi) is 5.55. The Morgan fingerprint density at radius 2 is 2.00 bits per heavy atom. The van der Waals surface area contributed by atoms with Crippen LogP contribution >= 0.6 is 15.9 Å². The lowest BCUT2D eigenvalue weighted by atomic mass is 9.68. The zero-order chi connectivity index (χ0) is 15.5. The highest BCUT2D eigenvalue weighted by Gasteiger charge is 2.46. The first kappa shape index (κ1) is 17.0. The number of hydrogen-bond donors (Lipinski definition) is 1. The maximum Gasteiger partial charge on any atom is 0.137 e. The highest BCUT2D eigenvalue weighted by atomic mass is 79.9. The molecule has 0 amide bonds. The second-order valence-electron chi connectivity index (χ2n) is 6.95. The molecule has 1 aromatic heterocycles. The summed E-state index contributed by atoms with van der Waals surface area (Å²) < 4.78 is 12.9. The van der Waals surface area contributed by atoms with Crippen molar-refractivity contribution in [2.75, 3.05) is 13.7 Å². The van der Waals surface area contributed by atoms with Gasteiger partial charge in [0.15, 0.2) is 0 Å².